The van der Waals surface area contributed by atoms with E-state index in [1.807, 2.05) is 0 Å². The van der Waals surface area contributed by atoms with Crippen LogP contribution in [0, 0.1) is 5.82 Å². The molecule has 1 aromatic rings. The summed E-state index contributed by atoms with van der Waals surface area (Å²) in [6, 6.07) is 1.10. The van der Waals surface area contributed by atoms with Crippen molar-refractivity contribution in [1.82, 2.24) is 0 Å². The van der Waals surface area contributed by atoms with Gasteiger partial charge in [0, 0.05) is 10.0 Å². The summed E-state index contributed by atoms with van der Waals surface area (Å²) in [6.45, 7) is 0. The van der Waals surface area contributed by atoms with Gasteiger partial charge in [-0.05, 0) is 28.1 Å². The lowest BCUT2D eigenvalue weighted by Gasteiger charge is -2.25. The molecule has 0 aliphatic carbocycles. The van der Waals surface area contributed by atoms with Gasteiger partial charge in [-0.15, -0.1) is 0 Å². The van der Waals surface area contributed by atoms with Crippen LogP contribution >= 0.6 is 27.5 Å². The van der Waals surface area contributed by atoms with E-state index < -0.39 is 29.6 Å². The fraction of sp³-hybridized carbons (Fsp3) is 0.333. The number of aliphatic hydroxyl groups excluding tert-OH is 1. The minimum atomic E-state index is -6.00. The van der Waals surface area contributed by atoms with Gasteiger partial charge in [-0.3, -0.25) is 0 Å². The molecule has 0 radical (unpaired) electrons. The van der Waals surface area contributed by atoms with Gasteiger partial charge in [0.25, 0.3) is 0 Å². The van der Waals surface area contributed by atoms with Crippen LogP contribution in [-0.2, 0) is 0 Å². The maximum absolute atomic E-state index is 13.3. The van der Waals surface area contributed by atoms with E-state index in [1.165, 1.54) is 0 Å². The van der Waals surface area contributed by atoms with Gasteiger partial charge in [0.1, 0.15) is 5.82 Å². The second-order valence-corrected chi connectivity index (χ2v) is 4.57. The van der Waals surface area contributed by atoms with E-state index in [1.54, 1.807) is 0 Å². The third-order valence-electron chi connectivity index (χ3n) is 2.06. The summed E-state index contributed by atoms with van der Waals surface area (Å²) in [4.78, 5) is 0. The highest BCUT2D eigenvalue weighted by Gasteiger charge is 2.63. The number of hydrogen-bond acceptors (Lipinski definition) is 1. The first-order valence-electron chi connectivity index (χ1n) is 4.25. The first kappa shape index (κ1) is 15.6. The van der Waals surface area contributed by atoms with E-state index in [-0.39, 0.29) is 9.50 Å². The topological polar surface area (TPSA) is 20.2 Å². The van der Waals surface area contributed by atoms with Crippen molar-refractivity contribution in [2.24, 2.45) is 0 Å². The summed E-state index contributed by atoms with van der Waals surface area (Å²) in [5.74, 6) is -6.91. The van der Waals surface area contributed by atoms with Crippen molar-refractivity contribution in [3.8, 4) is 0 Å². The summed E-state index contributed by atoms with van der Waals surface area (Å²) < 4.78 is 74.9. The Morgan fingerprint density at radius 3 is 2.11 bits per heavy atom. The molecule has 1 N–H and O–H groups in total. The van der Waals surface area contributed by atoms with Crippen molar-refractivity contribution in [1.29, 1.82) is 0 Å². The molecule has 0 amide bonds. The summed E-state index contributed by atoms with van der Waals surface area (Å²) in [6.07, 6.45) is -9.37. The molecule has 1 nitrogen and oxygen atoms in total. The molecule has 9 heteroatoms. The number of alkyl halides is 5. The molecule has 1 aromatic carbocycles. The zero-order valence-electron chi connectivity index (χ0n) is 8.20. The predicted molar refractivity (Wildman–Crippen MR) is 55.1 cm³/mol. The highest BCUT2D eigenvalue weighted by Crippen LogP contribution is 2.45. The Labute approximate surface area is 110 Å². The molecule has 0 heterocycles. The molecule has 1 rings (SSSR count). The normalized spacial score (nSPS) is 14.7. The van der Waals surface area contributed by atoms with Crippen LogP contribution in [0.4, 0.5) is 26.3 Å². The number of halogens is 8. The molecule has 0 spiro atoms. The average Bonchev–Trinajstić information content (AvgIpc) is 2.20. The van der Waals surface area contributed by atoms with Gasteiger partial charge in [0.05, 0.1) is 5.02 Å². The Morgan fingerprint density at radius 1 is 1.17 bits per heavy atom. The molecular formula is C9H4BrClF6O. The van der Waals surface area contributed by atoms with Gasteiger partial charge in [0.2, 0.25) is 0 Å². The number of benzene rings is 1. The van der Waals surface area contributed by atoms with Gasteiger partial charge >= 0.3 is 12.1 Å². The van der Waals surface area contributed by atoms with E-state index in [0.29, 0.717) is 12.1 Å². The molecule has 0 aliphatic rings. The Kier molecular flexibility index (Phi) is 4.24. The van der Waals surface area contributed by atoms with E-state index >= 15 is 0 Å². The Morgan fingerprint density at radius 2 is 1.67 bits per heavy atom. The Hall–Kier alpha value is -0.470. The van der Waals surface area contributed by atoms with Gasteiger partial charge in [0.15, 0.2) is 6.10 Å². The SMILES string of the molecule is OC(c1cc(Cl)c(Br)cc1F)C(F)(F)C(F)(F)F. The van der Waals surface area contributed by atoms with Crippen molar-refractivity contribution in [2.75, 3.05) is 0 Å². The maximum atomic E-state index is 13.3. The standard InChI is InChI=1S/C9H4BrClF6O/c10-4-2-6(12)3(1-5(4)11)7(18)8(13,14)9(15,16)17/h1-2,7,18H. The van der Waals surface area contributed by atoms with Crippen LogP contribution in [0.5, 0.6) is 0 Å². The summed E-state index contributed by atoms with van der Waals surface area (Å²) in [5, 5.41) is 8.69. The summed E-state index contributed by atoms with van der Waals surface area (Å²) in [5.41, 5.74) is -1.23. The minimum Gasteiger partial charge on any atom is -0.382 e. The third kappa shape index (κ3) is 2.75. The van der Waals surface area contributed by atoms with Crippen LogP contribution < -0.4 is 0 Å². The molecule has 1 unspecified atom stereocenters. The van der Waals surface area contributed by atoms with E-state index in [4.69, 9.17) is 16.7 Å². The highest BCUT2D eigenvalue weighted by molar-refractivity contribution is 9.10. The summed E-state index contributed by atoms with van der Waals surface area (Å²) in [7, 11) is 0. The van der Waals surface area contributed by atoms with Crippen molar-refractivity contribution in [3.63, 3.8) is 0 Å². The van der Waals surface area contributed by atoms with E-state index in [9.17, 15) is 26.3 Å². The van der Waals surface area contributed by atoms with Crippen molar-refractivity contribution >= 4 is 27.5 Å². The molecule has 0 saturated carbocycles. The largest absolute Gasteiger partial charge is 0.456 e. The molecule has 102 valence electrons. The average molecular weight is 357 g/mol. The zero-order chi connectivity index (χ0) is 14.3. The molecule has 0 aliphatic heterocycles. The number of aliphatic hydroxyl groups is 1. The van der Waals surface area contributed by atoms with E-state index in [0.717, 1.165) is 0 Å². The maximum Gasteiger partial charge on any atom is 0.456 e. The lowest BCUT2D eigenvalue weighted by Crippen LogP contribution is -2.42. The Bertz CT molecular complexity index is 461. The number of rotatable bonds is 2. The van der Waals surface area contributed by atoms with Crippen LogP contribution in [0.15, 0.2) is 16.6 Å². The van der Waals surface area contributed by atoms with Crippen molar-refractivity contribution in [2.45, 2.75) is 18.2 Å². The van der Waals surface area contributed by atoms with Crippen molar-refractivity contribution < 1.29 is 31.4 Å². The molecular weight excluding hydrogens is 353 g/mol. The smallest absolute Gasteiger partial charge is 0.382 e. The quantitative estimate of drug-likeness (QED) is 0.611. The van der Waals surface area contributed by atoms with E-state index in [2.05, 4.69) is 15.9 Å². The molecule has 0 fully saturated rings. The van der Waals surface area contributed by atoms with Gasteiger partial charge in [-0.2, -0.15) is 22.0 Å². The number of hydrogen-bond donors (Lipinski definition) is 1. The molecule has 0 bridgehead atoms. The first-order chi connectivity index (χ1) is 7.98. The molecule has 0 saturated heterocycles. The first-order valence-corrected chi connectivity index (χ1v) is 5.42. The lowest BCUT2D eigenvalue weighted by atomic mass is 10.0. The second-order valence-electron chi connectivity index (χ2n) is 3.31. The van der Waals surface area contributed by atoms with Gasteiger partial charge in [-0.25, -0.2) is 4.39 Å². The molecule has 1 atom stereocenters. The lowest BCUT2D eigenvalue weighted by molar-refractivity contribution is -0.315. The van der Waals surface area contributed by atoms with Crippen LogP contribution in [0.2, 0.25) is 5.02 Å². The Balaban J connectivity index is 3.27. The van der Waals surface area contributed by atoms with Crippen LogP contribution in [0.25, 0.3) is 0 Å². The fourth-order valence-electron chi connectivity index (χ4n) is 1.10. The monoisotopic (exact) mass is 356 g/mol. The van der Waals surface area contributed by atoms with Gasteiger partial charge in [-0.1, -0.05) is 11.6 Å². The van der Waals surface area contributed by atoms with Gasteiger partial charge < -0.3 is 5.11 Å². The third-order valence-corrected chi connectivity index (χ3v) is 3.25. The van der Waals surface area contributed by atoms with Crippen LogP contribution in [0.1, 0.15) is 11.7 Å². The minimum absolute atomic E-state index is 0.0343. The molecule has 18 heavy (non-hydrogen) atoms. The zero-order valence-corrected chi connectivity index (χ0v) is 10.5. The molecule has 0 aromatic heterocycles. The van der Waals surface area contributed by atoms with Crippen LogP contribution in [0.3, 0.4) is 0 Å². The highest BCUT2D eigenvalue weighted by atomic mass is 79.9. The summed E-state index contributed by atoms with van der Waals surface area (Å²) >= 11 is 8.20. The fourth-order valence-corrected chi connectivity index (χ4v) is 1.59. The van der Waals surface area contributed by atoms with Crippen molar-refractivity contribution in [3.05, 3.63) is 33.0 Å². The van der Waals surface area contributed by atoms with Crippen LogP contribution in [-0.4, -0.2) is 17.2 Å². The predicted octanol–water partition coefficient (Wildman–Crippen LogP) is 4.47. The second kappa shape index (κ2) is 4.90.